The van der Waals surface area contributed by atoms with E-state index in [1.165, 1.54) is 16.2 Å². The molecule has 2 aliphatic rings. The Kier molecular flexibility index (Phi) is 9.19. The van der Waals surface area contributed by atoms with Crippen LogP contribution in [0.25, 0.3) is 11.8 Å². The number of thiazole rings is 1. The van der Waals surface area contributed by atoms with Gasteiger partial charge in [0, 0.05) is 43.2 Å². The molecule has 1 atom stereocenters. The molecule has 0 bridgehead atoms. The van der Waals surface area contributed by atoms with Crippen molar-refractivity contribution in [2.75, 3.05) is 19.6 Å². The second-order valence-corrected chi connectivity index (χ2v) is 10.5. The zero-order valence-electron chi connectivity index (χ0n) is 21.2. The monoisotopic (exact) mass is 538 g/mol. The predicted molar refractivity (Wildman–Crippen MR) is 144 cm³/mol. The van der Waals surface area contributed by atoms with Crippen LogP contribution >= 0.6 is 11.3 Å². The highest BCUT2D eigenvalue weighted by Gasteiger charge is 2.27. The maximum Gasteiger partial charge on any atom is 0.303 e. The van der Waals surface area contributed by atoms with Gasteiger partial charge >= 0.3 is 11.9 Å². The fourth-order valence-corrected chi connectivity index (χ4v) is 5.56. The first-order valence-corrected chi connectivity index (χ1v) is 13.4. The van der Waals surface area contributed by atoms with Crippen LogP contribution in [0, 0.1) is 12.7 Å². The minimum absolute atomic E-state index is 0.162. The Labute approximate surface area is 224 Å². The van der Waals surface area contributed by atoms with Gasteiger partial charge in [0.1, 0.15) is 11.5 Å². The molecular formula is C28H31FN4O4S. The van der Waals surface area contributed by atoms with Crippen molar-refractivity contribution in [1.29, 1.82) is 0 Å². The lowest BCUT2D eigenvalue weighted by molar-refractivity contribution is -0.143. The molecule has 8 nitrogen and oxygen atoms in total. The van der Waals surface area contributed by atoms with Gasteiger partial charge in [-0.2, -0.15) is 0 Å². The first-order chi connectivity index (χ1) is 18.3. The second-order valence-electron chi connectivity index (χ2n) is 9.26. The Balaban J connectivity index is 0.000000368. The van der Waals surface area contributed by atoms with Gasteiger partial charge in [-0.3, -0.25) is 14.6 Å². The number of nitrogens with zero attached hydrogens (tertiary/aromatic N) is 3. The van der Waals surface area contributed by atoms with Crippen LogP contribution in [0.2, 0.25) is 0 Å². The first kappa shape index (κ1) is 27.4. The molecule has 0 radical (unpaired) electrons. The Hall–Kier alpha value is -3.63. The number of aromatic nitrogens is 2. The number of benzene rings is 1. The highest BCUT2D eigenvalue weighted by Crippen LogP contribution is 2.28. The van der Waals surface area contributed by atoms with E-state index in [0.717, 1.165) is 66.2 Å². The van der Waals surface area contributed by atoms with Gasteiger partial charge in [-0.25, -0.2) is 9.37 Å². The summed E-state index contributed by atoms with van der Waals surface area (Å²) in [6.45, 7) is 4.83. The molecule has 38 heavy (non-hydrogen) atoms. The second kappa shape index (κ2) is 12.7. The number of piperazine rings is 1. The number of pyridine rings is 1. The lowest BCUT2D eigenvalue weighted by Gasteiger charge is -2.36. The molecule has 3 aromatic rings. The molecule has 1 saturated heterocycles. The largest absolute Gasteiger partial charge is 0.481 e. The fraction of sp³-hybridized carbons (Fsp3) is 0.357. The minimum atomic E-state index is -1.08. The molecule has 0 spiro atoms. The van der Waals surface area contributed by atoms with E-state index in [-0.39, 0.29) is 18.7 Å². The zero-order valence-corrected chi connectivity index (χ0v) is 22.0. The van der Waals surface area contributed by atoms with Crippen molar-refractivity contribution in [3.05, 3.63) is 80.1 Å². The number of aliphatic carboxylic acids is 2. The molecule has 1 aromatic carbocycles. The summed E-state index contributed by atoms with van der Waals surface area (Å²) >= 11 is 1.78. The van der Waals surface area contributed by atoms with Gasteiger partial charge < -0.3 is 20.4 Å². The van der Waals surface area contributed by atoms with Gasteiger partial charge in [0.2, 0.25) is 0 Å². The number of rotatable bonds is 7. The minimum Gasteiger partial charge on any atom is -0.481 e. The average molecular weight is 539 g/mol. The van der Waals surface area contributed by atoms with Crippen LogP contribution in [-0.4, -0.2) is 62.7 Å². The number of aryl methyl sites for hydroxylation is 2. The molecule has 5 rings (SSSR count). The summed E-state index contributed by atoms with van der Waals surface area (Å²) in [7, 11) is 0. The fourth-order valence-electron chi connectivity index (χ4n) is 4.66. The highest BCUT2D eigenvalue weighted by atomic mass is 32.1. The van der Waals surface area contributed by atoms with Crippen molar-refractivity contribution in [2.45, 2.75) is 45.1 Å². The van der Waals surface area contributed by atoms with Crippen molar-refractivity contribution in [2.24, 2.45) is 0 Å². The summed E-state index contributed by atoms with van der Waals surface area (Å²) < 4.78 is 13.5. The lowest BCUT2D eigenvalue weighted by atomic mass is 10.0. The van der Waals surface area contributed by atoms with Crippen molar-refractivity contribution >= 4 is 35.0 Å². The zero-order chi connectivity index (χ0) is 27.1. The number of carboxylic acid groups (broad SMARTS) is 2. The molecular weight excluding hydrogens is 507 g/mol. The Morgan fingerprint density at radius 2 is 1.97 bits per heavy atom. The molecule has 1 unspecified atom stereocenters. The third kappa shape index (κ3) is 7.23. The summed E-state index contributed by atoms with van der Waals surface area (Å²) in [5.74, 6) is -2.31. The number of carbonyl (C=O) groups is 2. The quantitative estimate of drug-likeness (QED) is 0.420. The van der Waals surface area contributed by atoms with E-state index >= 15 is 0 Å². The van der Waals surface area contributed by atoms with Crippen LogP contribution in [0.15, 0.2) is 42.6 Å². The number of hydrogen-bond acceptors (Lipinski definition) is 7. The van der Waals surface area contributed by atoms with E-state index in [0.29, 0.717) is 6.04 Å². The SMILES string of the molecule is Cc1nc2c(s1)CC=c1cccnc1=C2N1CCNC(CCc2cccc(F)c2)C1.O=C(O)CCC(=O)O. The molecule has 2 aromatic heterocycles. The third-order valence-corrected chi connectivity index (χ3v) is 7.39. The maximum absolute atomic E-state index is 13.5. The van der Waals surface area contributed by atoms with Crippen LogP contribution < -0.4 is 15.9 Å². The Bertz CT molecular complexity index is 1410. The van der Waals surface area contributed by atoms with E-state index in [4.69, 9.17) is 20.2 Å². The summed E-state index contributed by atoms with van der Waals surface area (Å²) in [5, 5.41) is 22.8. The van der Waals surface area contributed by atoms with Crippen molar-refractivity contribution < 1.29 is 24.2 Å². The van der Waals surface area contributed by atoms with Crippen LogP contribution in [-0.2, 0) is 22.4 Å². The van der Waals surface area contributed by atoms with Crippen LogP contribution in [0.1, 0.15) is 40.4 Å². The standard InChI is InChI=1S/C24H25FN4S.C4H6O4/c1-16-28-23-21(30-16)10-8-18-5-3-11-27-22(18)24(23)29-13-12-26-20(15-29)9-7-17-4-2-6-19(25)14-17;5-3(6)1-2-4(7)8/h2-6,8,11,14,20,26H,7,9-10,12-13,15H2,1H3;1-2H2,(H,5,6)(H,7,8). The van der Waals surface area contributed by atoms with Gasteiger partial charge in [-0.05, 0) is 48.7 Å². The van der Waals surface area contributed by atoms with E-state index in [9.17, 15) is 14.0 Å². The average Bonchev–Trinajstić information content (AvgIpc) is 3.19. The van der Waals surface area contributed by atoms with E-state index < -0.39 is 11.9 Å². The van der Waals surface area contributed by atoms with E-state index in [1.54, 1.807) is 23.5 Å². The topological polar surface area (TPSA) is 116 Å². The van der Waals surface area contributed by atoms with E-state index in [1.807, 2.05) is 18.3 Å². The van der Waals surface area contributed by atoms with Gasteiger partial charge in [0.05, 0.1) is 28.9 Å². The number of fused-ring (bicyclic) bond motifs is 2. The van der Waals surface area contributed by atoms with Crippen molar-refractivity contribution in [3.8, 4) is 0 Å². The molecule has 1 aliphatic carbocycles. The first-order valence-electron chi connectivity index (χ1n) is 12.6. The van der Waals surface area contributed by atoms with Gasteiger partial charge in [-0.15, -0.1) is 11.3 Å². The summed E-state index contributed by atoms with van der Waals surface area (Å²) in [5.41, 5.74) is 3.31. The lowest BCUT2D eigenvalue weighted by Crippen LogP contribution is -2.52. The molecule has 10 heteroatoms. The Morgan fingerprint density at radius 3 is 2.71 bits per heavy atom. The molecule has 0 saturated carbocycles. The molecule has 1 aliphatic heterocycles. The molecule has 200 valence electrons. The maximum atomic E-state index is 13.5. The molecule has 1 fully saturated rings. The number of carboxylic acids is 2. The van der Waals surface area contributed by atoms with Crippen molar-refractivity contribution in [1.82, 2.24) is 20.2 Å². The smallest absolute Gasteiger partial charge is 0.303 e. The number of hydrogen-bond donors (Lipinski definition) is 3. The van der Waals surface area contributed by atoms with Gasteiger partial charge in [0.15, 0.2) is 0 Å². The van der Waals surface area contributed by atoms with Gasteiger partial charge in [0.25, 0.3) is 0 Å². The van der Waals surface area contributed by atoms with Gasteiger partial charge in [-0.1, -0.05) is 24.3 Å². The summed E-state index contributed by atoms with van der Waals surface area (Å²) in [6.07, 6.45) is 6.29. The van der Waals surface area contributed by atoms with E-state index in [2.05, 4.69) is 29.3 Å². The normalized spacial score (nSPS) is 16.3. The van der Waals surface area contributed by atoms with Crippen LogP contribution in [0.4, 0.5) is 4.39 Å². The predicted octanol–water partition coefficient (Wildman–Crippen LogP) is 2.32. The Morgan fingerprint density at radius 1 is 1.18 bits per heavy atom. The number of halogens is 1. The molecule has 3 heterocycles. The van der Waals surface area contributed by atoms with Crippen molar-refractivity contribution in [3.63, 3.8) is 0 Å². The third-order valence-electron chi connectivity index (χ3n) is 6.39. The van der Waals surface area contributed by atoms with Crippen LogP contribution in [0.3, 0.4) is 0 Å². The van der Waals surface area contributed by atoms with Crippen LogP contribution in [0.5, 0.6) is 0 Å². The summed E-state index contributed by atoms with van der Waals surface area (Å²) in [4.78, 5) is 32.7. The summed E-state index contributed by atoms with van der Waals surface area (Å²) in [6, 6.07) is 11.4. The number of nitrogens with one attached hydrogen (secondary N) is 1. The molecule has 3 N–H and O–H groups in total. The highest BCUT2D eigenvalue weighted by molar-refractivity contribution is 7.11. The molecule has 0 amide bonds.